The fraction of sp³-hybridized carbons (Fsp3) is 0.261. The van der Waals surface area contributed by atoms with Crippen molar-refractivity contribution in [1.29, 1.82) is 0 Å². The molecule has 1 unspecified atom stereocenters. The number of rotatable bonds is 10. The lowest BCUT2D eigenvalue weighted by Crippen LogP contribution is -2.04. The van der Waals surface area contributed by atoms with Crippen molar-refractivity contribution in [2.24, 2.45) is 0 Å². The lowest BCUT2D eigenvalue weighted by molar-refractivity contribution is 0.413. The second kappa shape index (κ2) is 10.9. The van der Waals surface area contributed by atoms with E-state index in [0.29, 0.717) is 27.8 Å². The van der Waals surface area contributed by atoms with Crippen molar-refractivity contribution in [1.82, 2.24) is 24.7 Å². The molecule has 4 rings (SSSR count). The molecule has 0 aliphatic carbocycles. The van der Waals surface area contributed by atoms with Crippen LogP contribution in [0.2, 0.25) is 10.2 Å². The lowest BCUT2D eigenvalue weighted by Gasteiger charge is -2.14. The van der Waals surface area contributed by atoms with Crippen LogP contribution in [0.4, 0.5) is 11.6 Å². The molecule has 0 saturated heterocycles. The van der Waals surface area contributed by atoms with Crippen LogP contribution in [0.5, 0.6) is 5.75 Å². The first-order chi connectivity index (χ1) is 16.1. The number of ether oxygens (including phenoxy) is 1. The Morgan fingerprint density at radius 1 is 1.12 bits per heavy atom. The molecule has 0 saturated carbocycles. The number of hydrogen-bond acceptors (Lipinski definition) is 5. The summed E-state index contributed by atoms with van der Waals surface area (Å²) in [7, 11) is 1.61. The standard InChI is InChI=1S/C23H23Cl3N6O/c1-33-20-12-17(9-10-19(20)32-13-21(26)27-14-32)28-23-29-22(30-31-23)18(4-2-3-11-24)15-5-7-16(25)8-6-15/h5-10,12-14,18H,2-4,11H2,1H3,(H2,28,29,30,31). The number of imidazole rings is 1. The Hall–Kier alpha value is -2.74. The topological polar surface area (TPSA) is 80.6 Å². The predicted octanol–water partition coefficient (Wildman–Crippen LogP) is 6.59. The minimum absolute atomic E-state index is 0.0661. The van der Waals surface area contributed by atoms with E-state index in [4.69, 9.17) is 44.5 Å². The van der Waals surface area contributed by atoms with Crippen molar-refractivity contribution in [3.05, 3.63) is 76.6 Å². The Morgan fingerprint density at radius 2 is 1.94 bits per heavy atom. The molecule has 0 aliphatic heterocycles. The number of alkyl halides is 1. The van der Waals surface area contributed by atoms with E-state index in [1.54, 1.807) is 24.2 Å². The first-order valence-corrected chi connectivity index (χ1v) is 11.7. The molecule has 2 heterocycles. The van der Waals surface area contributed by atoms with Crippen molar-refractivity contribution in [3.63, 3.8) is 0 Å². The van der Waals surface area contributed by atoms with Gasteiger partial charge in [-0.3, -0.25) is 5.10 Å². The quantitative estimate of drug-likeness (QED) is 0.188. The van der Waals surface area contributed by atoms with Crippen LogP contribution >= 0.6 is 34.8 Å². The van der Waals surface area contributed by atoms with Crippen LogP contribution in [0.3, 0.4) is 0 Å². The highest BCUT2D eigenvalue weighted by Crippen LogP contribution is 2.31. The Morgan fingerprint density at radius 3 is 2.64 bits per heavy atom. The number of hydrogen-bond donors (Lipinski definition) is 2. The number of nitrogens with zero attached hydrogens (tertiary/aromatic N) is 4. The summed E-state index contributed by atoms with van der Waals surface area (Å²) in [5.41, 5.74) is 2.74. The number of H-pyrrole nitrogens is 1. The molecule has 0 bridgehead atoms. The molecule has 0 amide bonds. The highest BCUT2D eigenvalue weighted by atomic mass is 35.5. The maximum atomic E-state index is 6.07. The van der Waals surface area contributed by atoms with E-state index < -0.39 is 0 Å². The van der Waals surface area contributed by atoms with E-state index in [2.05, 4.69) is 20.5 Å². The first-order valence-electron chi connectivity index (χ1n) is 10.5. The molecule has 33 heavy (non-hydrogen) atoms. The van der Waals surface area contributed by atoms with Gasteiger partial charge in [-0.15, -0.1) is 16.7 Å². The van der Waals surface area contributed by atoms with E-state index in [1.165, 1.54) is 0 Å². The summed E-state index contributed by atoms with van der Waals surface area (Å²) in [5.74, 6) is 2.62. The van der Waals surface area contributed by atoms with Gasteiger partial charge in [0.2, 0.25) is 5.95 Å². The highest BCUT2D eigenvalue weighted by Gasteiger charge is 2.19. The highest BCUT2D eigenvalue weighted by molar-refractivity contribution is 6.30. The maximum Gasteiger partial charge on any atom is 0.246 e. The van der Waals surface area contributed by atoms with Crippen LogP contribution in [0.1, 0.15) is 36.6 Å². The number of benzene rings is 2. The van der Waals surface area contributed by atoms with Crippen LogP contribution in [0.15, 0.2) is 55.0 Å². The predicted molar refractivity (Wildman–Crippen MR) is 133 cm³/mol. The number of nitrogens with one attached hydrogen (secondary N) is 2. The molecule has 2 N–H and O–H groups in total. The summed E-state index contributed by atoms with van der Waals surface area (Å²) < 4.78 is 7.35. The summed E-state index contributed by atoms with van der Waals surface area (Å²) in [5, 5.41) is 11.8. The normalized spacial score (nSPS) is 12.0. The van der Waals surface area contributed by atoms with Gasteiger partial charge in [-0.2, -0.15) is 4.98 Å². The number of aromatic nitrogens is 5. The SMILES string of the molecule is COc1cc(Nc2n[nH]c(C(CCCCCl)c3ccc(Cl)cc3)n2)ccc1-n1cnc(Cl)c1. The Balaban J connectivity index is 1.54. The molecule has 172 valence electrons. The summed E-state index contributed by atoms with van der Waals surface area (Å²) in [6.45, 7) is 0. The summed E-state index contributed by atoms with van der Waals surface area (Å²) in [6, 6.07) is 13.5. The van der Waals surface area contributed by atoms with Crippen molar-refractivity contribution in [2.45, 2.75) is 25.2 Å². The van der Waals surface area contributed by atoms with Crippen LogP contribution in [0.25, 0.3) is 5.69 Å². The summed E-state index contributed by atoms with van der Waals surface area (Å²) in [4.78, 5) is 8.76. The van der Waals surface area contributed by atoms with Gasteiger partial charge in [0.15, 0.2) is 0 Å². The molecule has 7 nitrogen and oxygen atoms in total. The number of anilines is 2. The van der Waals surface area contributed by atoms with Crippen molar-refractivity contribution < 1.29 is 4.74 Å². The van der Waals surface area contributed by atoms with Crippen LogP contribution in [0, 0.1) is 0 Å². The molecule has 10 heteroatoms. The molecule has 0 fully saturated rings. The Labute approximate surface area is 207 Å². The third-order valence-corrected chi connectivity index (χ3v) is 5.96. The average molecular weight is 506 g/mol. The molecule has 0 radical (unpaired) electrons. The maximum absolute atomic E-state index is 6.07. The fourth-order valence-corrected chi connectivity index (χ4v) is 4.08. The molecule has 0 spiro atoms. The van der Waals surface area contributed by atoms with Gasteiger partial charge in [0.05, 0.1) is 12.8 Å². The van der Waals surface area contributed by atoms with Crippen molar-refractivity contribution >= 4 is 46.4 Å². The van der Waals surface area contributed by atoms with Crippen molar-refractivity contribution in [3.8, 4) is 11.4 Å². The summed E-state index contributed by atoms with van der Waals surface area (Å²) in [6.07, 6.45) is 6.18. The monoisotopic (exact) mass is 504 g/mol. The van der Waals surface area contributed by atoms with Gasteiger partial charge in [-0.25, -0.2) is 4.98 Å². The number of halogens is 3. The molecule has 1 atom stereocenters. The smallest absolute Gasteiger partial charge is 0.246 e. The third kappa shape index (κ3) is 5.79. The number of aromatic amines is 1. The van der Waals surface area contributed by atoms with Gasteiger partial charge in [0.1, 0.15) is 23.1 Å². The lowest BCUT2D eigenvalue weighted by atomic mass is 9.93. The van der Waals surface area contributed by atoms with Gasteiger partial charge in [0.25, 0.3) is 0 Å². The van der Waals surface area contributed by atoms with Gasteiger partial charge in [-0.1, -0.05) is 41.8 Å². The van der Waals surface area contributed by atoms with E-state index in [9.17, 15) is 0 Å². The van der Waals surface area contributed by atoms with Gasteiger partial charge < -0.3 is 14.6 Å². The van der Waals surface area contributed by atoms with E-state index in [1.807, 2.05) is 42.5 Å². The zero-order chi connectivity index (χ0) is 23.2. The minimum Gasteiger partial charge on any atom is -0.494 e. The summed E-state index contributed by atoms with van der Waals surface area (Å²) >= 11 is 17.9. The van der Waals surface area contributed by atoms with E-state index in [-0.39, 0.29) is 5.92 Å². The number of methoxy groups -OCH3 is 1. The van der Waals surface area contributed by atoms with Crippen molar-refractivity contribution in [2.75, 3.05) is 18.3 Å². The minimum atomic E-state index is 0.0661. The molecule has 0 aliphatic rings. The zero-order valence-corrected chi connectivity index (χ0v) is 20.2. The molecule has 4 aromatic rings. The van der Waals surface area contributed by atoms with Gasteiger partial charge in [0, 0.05) is 34.8 Å². The van der Waals surface area contributed by atoms with Gasteiger partial charge in [-0.05, 0) is 42.7 Å². The number of unbranched alkanes of at least 4 members (excludes halogenated alkanes) is 1. The van der Waals surface area contributed by atoms with E-state index in [0.717, 1.165) is 42.0 Å². The molecule has 2 aromatic heterocycles. The molecular formula is C23H23Cl3N6O. The Kier molecular flexibility index (Phi) is 7.75. The molecule has 2 aromatic carbocycles. The largest absolute Gasteiger partial charge is 0.494 e. The third-order valence-electron chi connectivity index (χ3n) is 5.25. The average Bonchev–Trinajstić information content (AvgIpc) is 3.46. The molecular weight excluding hydrogens is 483 g/mol. The second-order valence-corrected chi connectivity index (χ2v) is 8.65. The fourth-order valence-electron chi connectivity index (χ4n) is 3.61. The van der Waals surface area contributed by atoms with Crippen LogP contribution in [-0.2, 0) is 0 Å². The second-order valence-electron chi connectivity index (χ2n) is 7.45. The van der Waals surface area contributed by atoms with E-state index >= 15 is 0 Å². The first kappa shape index (κ1) is 23.4. The van der Waals surface area contributed by atoms with Crippen LogP contribution < -0.4 is 10.1 Å². The zero-order valence-electron chi connectivity index (χ0n) is 17.9. The Bertz CT molecular complexity index is 1190. The van der Waals surface area contributed by atoms with Crippen LogP contribution in [-0.4, -0.2) is 37.7 Å². The van der Waals surface area contributed by atoms with Gasteiger partial charge >= 0.3 is 0 Å².